The van der Waals surface area contributed by atoms with Gasteiger partial charge >= 0.3 is 0 Å². The first-order valence-corrected chi connectivity index (χ1v) is 8.44. The molecule has 3 heterocycles. The lowest BCUT2D eigenvalue weighted by atomic mass is 10.2. The van der Waals surface area contributed by atoms with Crippen LogP contribution in [0.4, 0.5) is 0 Å². The maximum Gasteiger partial charge on any atom is 0.259 e. The largest absolute Gasteiger partial charge is 0.309 e. The summed E-state index contributed by atoms with van der Waals surface area (Å²) in [6.07, 6.45) is 1.95. The van der Waals surface area contributed by atoms with Crippen LogP contribution in [0.5, 0.6) is 0 Å². The second kappa shape index (κ2) is 6.32. The van der Waals surface area contributed by atoms with Crippen molar-refractivity contribution >= 4 is 21.6 Å². The van der Waals surface area contributed by atoms with Gasteiger partial charge in [0.25, 0.3) is 5.56 Å². The first-order valence-electron chi connectivity index (χ1n) is 7.63. The van der Waals surface area contributed by atoms with Crippen LogP contribution in [0.25, 0.3) is 10.2 Å². The summed E-state index contributed by atoms with van der Waals surface area (Å²) >= 11 is 1.61. The zero-order chi connectivity index (χ0) is 15.7. The lowest BCUT2D eigenvalue weighted by molar-refractivity contribution is 0.134. The van der Waals surface area contributed by atoms with Crippen LogP contribution < -0.4 is 5.56 Å². The first-order chi connectivity index (χ1) is 10.6. The highest BCUT2D eigenvalue weighted by atomic mass is 32.1. The monoisotopic (exact) mass is 318 g/mol. The normalized spacial score (nSPS) is 17.2. The van der Waals surface area contributed by atoms with E-state index in [2.05, 4.69) is 26.3 Å². The van der Waals surface area contributed by atoms with Crippen LogP contribution in [0.3, 0.4) is 0 Å². The Bertz CT molecular complexity index is 740. The highest BCUT2D eigenvalue weighted by Crippen LogP contribution is 2.25. The van der Waals surface area contributed by atoms with Gasteiger partial charge in [0.05, 0.1) is 11.9 Å². The van der Waals surface area contributed by atoms with Gasteiger partial charge in [-0.3, -0.25) is 14.6 Å². The minimum absolute atomic E-state index is 0.00727. The summed E-state index contributed by atoms with van der Waals surface area (Å²) in [5.74, 6) is 0.774. The average molecular weight is 318 g/mol. The zero-order valence-electron chi connectivity index (χ0n) is 13.2. The van der Waals surface area contributed by atoms with E-state index in [1.807, 2.05) is 19.9 Å². The lowest BCUT2D eigenvalue weighted by Gasteiger charge is -2.33. The molecule has 0 spiro atoms. The summed E-state index contributed by atoms with van der Waals surface area (Å²) in [4.78, 5) is 26.7. The maximum atomic E-state index is 12.3. The minimum Gasteiger partial charge on any atom is -0.309 e. The van der Waals surface area contributed by atoms with E-state index in [1.54, 1.807) is 11.3 Å². The summed E-state index contributed by atoms with van der Waals surface area (Å²) < 4.78 is 0. The average Bonchev–Trinajstić information content (AvgIpc) is 2.77. The van der Waals surface area contributed by atoms with E-state index in [0.717, 1.165) is 54.3 Å². The number of aryl methyl sites for hydroxylation is 2. The molecule has 22 heavy (non-hydrogen) atoms. The molecule has 0 unspecified atom stereocenters. The number of H-pyrrole nitrogens is 1. The number of aromatic amines is 1. The van der Waals surface area contributed by atoms with Crippen molar-refractivity contribution in [2.24, 2.45) is 0 Å². The van der Waals surface area contributed by atoms with Crippen molar-refractivity contribution in [2.75, 3.05) is 32.7 Å². The number of aromatic nitrogens is 2. The SMILES string of the molecule is C=CCN1CCN(Cc2nc3sc(C)c(C)c3c(=O)[nH]2)CC1. The van der Waals surface area contributed by atoms with E-state index >= 15 is 0 Å². The highest BCUT2D eigenvalue weighted by molar-refractivity contribution is 7.18. The van der Waals surface area contributed by atoms with E-state index in [1.165, 1.54) is 4.88 Å². The first kappa shape index (κ1) is 15.4. The third kappa shape index (κ3) is 2.99. The number of hydrogen-bond donors (Lipinski definition) is 1. The van der Waals surface area contributed by atoms with Gasteiger partial charge in [0.1, 0.15) is 10.7 Å². The number of nitrogens with zero attached hydrogens (tertiary/aromatic N) is 3. The van der Waals surface area contributed by atoms with Crippen LogP contribution in [0.15, 0.2) is 17.4 Å². The zero-order valence-corrected chi connectivity index (χ0v) is 14.0. The summed E-state index contributed by atoms with van der Waals surface area (Å²) in [7, 11) is 0. The number of rotatable bonds is 4. The number of nitrogens with one attached hydrogen (secondary N) is 1. The molecule has 0 amide bonds. The predicted molar refractivity (Wildman–Crippen MR) is 91.6 cm³/mol. The molecule has 5 nitrogen and oxygen atoms in total. The molecule has 0 saturated carbocycles. The molecular formula is C16H22N4OS. The number of fused-ring (bicyclic) bond motifs is 1. The van der Waals surface area contributed by atoms with Gasteiger partial charge in [0.15, 0.2) is 0 Å². The van der Waals surface area contributed by atoms with Crippen LogP contribution >= 0.6 is 11.3 Å². The molecule has 1 N–H and O–H groups in total. The molecule has 1 fully saturated rings. The van der Waals surface area contributed by atoms with Crippen molar-refractivity contribution in [3.63, 3.8) is 0 Å². The summed E-state index contributed by atoms with van der Waals surface area (Å²) in [6.45, 7) is 13.5. The van der Waals surface area contributed by atoms with Crippen LogP contribution in [-0.4, -0.2) is 52.5 Å². The standard InChI is InChI=1S/C16H22N4OS/c1-4-5-19-6-8-20(9-7-19)10-13-17-15(21)14-11(2)12(3)22-16(14)18-13/h4H,1,5-10H2,2-3H3,(H,17,18,21). The van der Waals surface area contributed by atoms with Gasteiger partial charge < -0.3 is 4.98 Å². The molecule has 2 aromatic heterocycles. The van der Waals surface area contributed by atoms with Gasteiger partial charge in [-0.25, -0.2) is 4.98 Å². The van der Waals surface area contributed by atoms with Crippen molar-refractivity contribution in [1.29, 1.82) is 0 Å². The fourth-order valence-electron chi connectivity index (χ4n) is 2.90. The van der Waals surface area contributed by atoms with Crippen molar-refractivity contribution in [2.45, 2.75) is 20.4 Å². The quantitative estimate of drug-likeness (QED) is 0.875. The molecule has 0 radical (unpaired) electrons. The van der Waals surface area contributed by atoms with E-state index in [4.69, 9.17) is 0 Å². The number of thiophene rings is 1. The highest BCUT2D eigenvalue weighted by Gasteiger charge is 2.18. The van der Waals surface area contributed by atoms with E-state index in [0.29, 0.717) is 6.54 Å². The second-order valence-electron chi connectivity index (χ2n) is 5.84. The predicted octanol–water partition coefficient (Wildman–Crippen LogP) is 1.91. The maximum absolute atomic E-state index is 12.3. The van der Waals surface area contributed by atoms with E-state index < -0.39 is 0 Å². The molecule has 3 rings (SSSR count). The molecule has 2 aromatic rings. The van der Waals surface area contributed by atoms with Crippen LogP contribution in [-0.2, 0) is 6.54 Å². The van der Waals surface area contributed by atoms with Crippen molar-refractivity contribution in [3.05, 3.63) is 39.3 Å². The van der Waals surface area contributed by atoms with E-state index in [9.17, 15) is 4.79 Å². The fourth-order valence-corrected chi connectivity index (χ4v) is 3.95. The number of piperazine rings is 1. The molecule has 6 heteroatoms. The van der Waals surface area contributed by atoms with Crippen LogP contribution in [0, 0.1) is 13.8 Å². The topological polar surface area (TPSA) is 52.2 Å². The van der Waals surface area contributed by atoms with Gasteiger partial charge in [-0.15, -0.1) is 17.9 Å². The minimum atomic E-state index is -0.00727. The Hall–Kier alpha value is -1.50. The Morgan fingerprint density at radius 1 is 1.27 bits per heavy atom. The molecule has 0 aliphatic carbocycles. The van der Waals surface area contributed by atoms with E-state index in [-0.39, 0.29) is 5.56 Å². The van der Waals surface area contributed by atoms with Gasteiger partial charge in [0.2, 0.25) is 0 Å². The summed E-state index contributed by atoms with van der Waals surface area (Å²) in [5, 5.41) is 0.752. The van der Waals surface area contributed by atoms with Crippen LogP contribution in [0.1, 0.15) is 16.3 Å². The third-order valence-electron chi connectivity index (χ3n) is 4.31. The van der Waals surface area contributed by atoms with Crippen molar-refractivity contribution in [1.82, 2.24) is 19.8 Å². The molecule has 0 atom stereocenters. The van der Waals surface area contributed by atoms with Gasteiger partial charge in [-0.1, -0.05) is 6.08 Å². The Balaban J connectivity index is 1.75. The molecule has 1 aliphatic heterocycles. The van der Waals surface area contributed by atoms with Crippen molar-refractivity contribution in [3.8, 4) is 0 Å². The lowest BCUT2D eigenvalue weighted by Crippen LogP contribution is -2.46. The Labute approximate surface area is 134 Å². The Morgan fingerprint density at radius 3 is 2.64 bits per heavy atom. The number of hydrogen-bond acceptors (Lipinski definition) is 5. The van der Waals surface area contributed by atoms with Gasteiger partial charge in [0, 0.05) is 37.6 Å². The van der Waals surface area contributed by atoms with Crippen LogP contribution in [0.2, 0.25) is 0 Å². The molecule has 1 saturated heterocycles. The second-order valence-corrected chi connectivity index (χ2v) is 7.04. The molecule has 0 bridgehead atoms. The van der Waals surface area contributed by atoms with Gasteiger partial charge in [-0.05, 0) is 19.4 Å². The fraction of sp³-hybridized carbons (Fsp3) is 0.500. The Morgan fingerprint density at radius 2 is 1.95 bits per heavy atom. The molecule has 118 valence electrons. The molecule has 0 aromatic carbocycles. The van der Waals surface area contributed by atoms with Gasteiger partial charge in [-0.2, -0.15) is 0 Å². The summed E-state index contributed by atoms with van der Waals surface area (Å²) in [6, 6.07) is 0. The third-order valence-corrected chi connectivity index (χ3v) is 5.41. The molecule has 1 aliphatic rings. The summed E-state index contributed by atoms with van der Waals surface area (Å²) in [5.41, 5.74) is 1.05. The Kier molecular flexibility index (Phi) is 4.42. The molecular weight excluding hydrogens is 296 g/mol. The smallest absolute Gasteiger partial charge is 0.259 e. The van der Waals surface area contributed by atoms with Crippen molar-refractivity contribution < 1.29 is 0 Å².